The highest BCUT2D eigenvalue weighted by atomic mass is 32.1. The van der Waals surface area contributed by atoms with Crippen molar-refractivity contribution in [2.75, 3.05) is 19.0 Å². The first kappa shape index (κ1) is 16.4. The summed E-state index contributed by atoms with van der Waals surface area (Å²) in [4.78, 5) is 21.2. The number of nitrogens with zero attached hydrogens (tertiary/aromatic N) is 2. The molecule has 3 rings (SSSR count). The highest BCUT2D eigenvalue weighted by Crippen LogP contribution is 2.36. The van der Waals surface area contributed by atoms with Crippen LogP contribution in [0.15, 0.2) is 42.0 Å². The Morgan fingerprint density at radius 3 is 2.83 bits per heavy atom. The molecule has 0 aliphatic heterocycles. The molecule has 24 heavy (non-hydrogen) atoms. The summed E-state index contributed by atoms with van der Waals surface area (Å²) < 4.78 is 5.05. The Balaban J connectivity index is 2.02. The molecule has 6 nitrogen and oxygen atoms in total. The fourth-order valence-corrected chi connectivity index (χ4v) is 3.42. The van der Waals surface area contributed by atoms with Crippen molar-refractivity contribution in [1.29, 1.82) is 0 Å². The van der Waals surface area contributed by atoms with Crippen LogP contribution in [0.4, 0.5) is 5.82 Å². The first-order valence-electron chi connectivity index (χ1n) is 7.53. The van der Waals surface area contributed by atoms with Gasteiger partial charge in [-0.15, -0.1) is 11.3 Å². The molecule has 124 valence electrons. The maximum Gasteiger partial charge on any atom is 0.240 e. The Labute approximate surface area is 143 Å². The molecule has 0 spiro atoms. The van der Waals surface area contributed by atoms with Crippen molar-refractivity contribution < 1.29 is 9.53 Å². The van der Waals surface area contributed by atoms with Gasteiger partial charge in [-0.2, -0.15) is 0 Å². The van der Waals surface area contributed by atoms with E-state index in [-0.39, 0.29) is 0 Å². The van der Waals surface area contributed by atoms with Crippen LogP contribution in [-0.2, 0) is 9.53 Å². The molecule has 0 radical (unpaired) electrons. The van der Waals surface area contributed by atoms with Gasteiger partial charge < -0.3 is 15.8 Å². The second-order valence-corrected chi connectivity index (χ2v) is 6.16. The average Bonchev–Trinajstić information content (AvgIpc) is 3.04. The molecule has 0 aliphatic rings. The summed E-state index contributed by atoms with van der Waals surface area (Å²) in [5.41, 5.74) is 7.61. The Hall–Kier alpha value is -2.51. The van der Waals surface area contributed by atoms with Crippen molar-refractivity contribution in [3.8, 4) is 11.1 Å². The predicted octanol–water partition coefficient (Wildman–Crippen LogP) is 2.66. The maximum absolute atomic E-state index is 11.7. The van der Waals surface area contributed by atoms with Crippen LogP contribution in [0.1, 0.15) is 6.42 Å². The lowest BCUT2D eigenvalue weighted by Crippen LogP contribution is -2.36. The third kappa shape index (κ3) is 3.37. The van der Waals surface area contributed by atoms with Gasteiger partial charge in [0.05, 0.1) is 5.39 Å². The maximum atomic E-state index is 11.7. The molecule has 3 aromatic rings. The highest BCUT2D eigenvalue weighted by molar-refractivity contribution is 7.17. The molecular weight excluding hydrogens is 324 g/mol. The number of anilines is 1. The SMILES string of the molecule is COCCC(Nc1ncnc2scc(-c3ccccc3)c12)C(N)=O. The van der Waals surface area contributed by atoms with Crippen LogP contribution in [0.5, 0.6) is 0 Å². The number of hydrogen-bond acceptors (Lipinski definition) is 6. The zero-order valence-electron chi connectivity index (χ0n) is 13.2. The molecule has 0 aliphatic carbocycles. The number of rotatable bonds is 7. The number of primary amides is 1. The lowest BCUT2D eigenvalue weighted by Gasteiger charge is -2.16. The quantitative estimate of drug-likeness (QED) is 0.689. The molecule has 1 unspecified atom stereocenters. The number of carbonyl (C=O) groups is 1. The molecule has 0 saturated carbocycles. The van der Waals surface area contributed by atoms with Crippen molar-refractivity contribution >= 4 is 33.3 Å². The lowest BCUT2D eigenvalue weighted by molar-refractivity contribution is -0.119. The summed E-state index contributed by atoms with van der Waals surface area (Å²) >= 11 is 1.54. The predicted molar refractivity (Wildman–Crippen MR) is 95.9 cm³/mol. The van der Waals surface area contributed by atoms with Gasteiger partial charge >= 0.3 is 0 Å². The first-order valence-corrected chi connectivity index (χ1v) is 8.41. The Morgan fingerprint density at radius 1 is 1.33 bits per heavy atom. The van der Waals surface area contributed by atoms with Gasteiger partial charge in [-0.25, -0.2) is 9.97 Å². The summed E-state index contributed by atoms with van der Waals surface area (Å²) in [6, 6.07) is 9.47. The van der Waals surface area contributed by atoms with Gasteiger partial charge in [0.1, 0.15) is 23.0 Å². The van der Waals surface area contributed by atoms with E-state index in [1.165, 1.54) is 6.33 Å². The van der Waals surface area contributed by atoms with Gasteiger partial charge in [0.15, 0.2) is 0 Å². The van der Waals surface area contributed by atoms with Crippen molar-refractivity contribution in [1.82, 2.24) is 9.97 Å². The summed E-state index contributed by atoms with van der Waals surface area (Å²) in [5.74, 6) is 0.176. The second-order valence-electron chi connectivity index (χ2n) is 5.30. The van der Waals surface area contributed by atoms with E-state index in [1.54, 1.807) is 18.4 Å². The van der Waals surface area contributed by atoms with E-state index in [9.17, 15) is 4.79 Å². The van der Waals surface area contributed by atoms with Crippen molar-refractivity contribution in [3.05, 3.63) is 42.0 Å². The number of aromatic nitrogens is 2. The van der Waals surface area contributed by atoms with Gasteiger partial charge in [-0.3, -0.25) is 4.79 Å². The van der Waals surface area contributed by atoms with Gasteiger partial charge in [0.2, 0.25) is 5.91 Å². The van der Waals surface area contributed by atoms with Gasteiger partial charge in [-0.05, 0) is 12.0 Å². The Bertz CT molecular complexity index is 835. The fraction of sp³-hybridized carbons (Fsp3) is 0.235. The molecule has 2 aromatic heterocycles. The van der Waals surface area contributed by atoms with Crippen LogP contribution in [0, 0.1) is 0 Å². The van der Waals surface area contributed by atoms with Crippen LogP contribution in [0.2, 0.25) is 0 Å². The fourth-order valence-electron chi connectivity index (χ4n) is 2.50. The lowest BCUT2D eigenvalue weighted by atomic mass is 10.1. The molecule has 2 heterocycles. The number of amides is 1. The van der Waals surface area contributed by atoms with E-state index in [2.05, 4.69) is 15.3 Å². The van der Waals surface area contributed by atoms with Crippen molar-refractivity contribution in [2.45, 2.75) is 12.5 Å². The van der Waals surface area contributed by atoms with Crippen molar-refractivity contribution in [3.63, 3.8) is 0 Å². The third-order valence-electron chi connectivity index (χ3n) is 3.72. The minimum atomic E-state index is -0.549. The van der Waals surface area contributed by atoms with Crippen LogP contribution >= 0.6 is 11.3 Å². The van der Waals surface area contributed by atoms with Crippen LogP contribution in [0.3, 0.4) is 0 Å². The summed E-state index contributed by atoms with van der Waals surface area (Å²) in [6.07, 6.45) is 1.96. The van der Waals surface area contributed by atoms with E-state index in [4.69, 9.17) is 10.5 Å². The van der Waals surface area contributed by atoms with Crippen LogP contribution in [0.25, 0.3) is 21.3 Å². The number of fused-ring (bicyclic) bond motifs is 1. The smallest absolute Gasteiger partial charge is 0.240 e. The number of methoxy groups -OCH3 is 1. The summed E-state index contributed by atoms with van der Waals surface area (Å²) in [7, 11) is 1.59. The van der Waals surface area contributed by atoms with Gasteiger partial charge in [0, 0.05) is 24.7 Å². The third-order valence-corrected chi connectivity index (χ3v) is 4.61. The summed E-state index contributed by atoms with van der Waals surface area (Å²) in [5, 5.41) is 6.10. The minimum Gasteiger partial charge on any atom is -0.385 e. The molecule has 1 amide bonds. The summed E-state index contributed by atoms with van der Waals surface area (Å²) in [6.45, 7) is 0.435. The number of ether oxygens (including phenoxy) is 1. The van der Waals surface area contributed by atoms with E-state index in [1.807, 2.05) is 35.7 Å². The molecular formula is C17H18N4O2S. The second kappa shape index (κ2) is 7.37. The number of benzene rings is 1. The Kier molecular flexibility index (Phi) is 5.02. The zero-order chi connectivity index (χ0) is 16.9. The van der Waals surface area contributed by atoms with E-state index in [0.29, 0.717) is 18.8 Å². The molecule has 7 heteroatoms. The molecule has 1 atom stereocenters. The number of hydrogen-bond donors (Lipinski definition) is 2. The number of thiophene rings is 1. The van der Waals surface area contributed by atoms with Crippen LogP contribution < -0.4 is 11.1 Å². The molecule has 0 fully saturated rings. The Morgan fingerprint density at radius 2 is 2.12 bits per heavy atom. The molecule has 0 saturated heterocycles. The topological polar surface area (TPSA) is 90.1 Å². The first-order chi connectivity index (χ1) is 11.7. The molecule has 3 N–H and O–H groups in total. The van der Waals surface area contributed by atoms with Gasteiger partial charge in [0.25, 0.3) is 0 Å². The minimum absolute atomic E-state index is 0.435. The largest absolute Gasteiger partial charge is 0.385 e. The van der Waals surface area contributed by atoms with E-state index >= 15 is 0 Å². The highest BCUT2D eigenvalue weighted by Gasteiger charge is 2.19. The van der Waals surface area contributed by atoms with Crippen LogP contribution in [-0.4, -0.2) is 35.6 Å². The average molecular weight is 342 g/mol. The number of carbonyl (C=O) groups excluding carboxylic acids is 1. The number of nitrogens with two attached hydrogens (primary N) is 1. The van der Waals surface area contributed by atoms with E-state index in [0.717, 1.165) is 21.3 Å². The number of nitrogens with one attached hydrogen (secondary N) is 1. The monoisotopic (exact) mass is 342 g/mol. The van der Waals surface area contributed by atoms with E-state index < -0.39 is 11.9 Å². The molecule has 0 bridgehead atoms. The standard InChI is InChI=1S/C17H18N4O2S/c1-23-8-7-13(15(18)22)21-16-14-12(11-5-3-2-4-6-11)9-24-17(14)20-10-19-16/h2-6,9-10,13H,7-8H2,1H3,(H2,18,22)(H,19,20,21). The van der Waals surface area contributed by atoms with Crippen molar-refractivity contribution in [2.24, 2.45) is 5.73 Å². The zero-order valence-corrected chi connectivity index (χ0v) is 14.0. The molecule has 1 aromatic carbocycles. The van der Waals surface area contributed by atoms with Gasteiger partial charge in [-0.1, -0.05) is 30.3 Å². The normalized spacial score (nSPS) is 12.2.